The first kappa shape index (κ1) is 14.9. The lowest BCUT2D eigenvalue weighted by atomic mass is 10.1. The van der Waals surface area contributed by atoms with E-state index in [-0.39, 0.29) is 23.7 Å². The van der Waals surface area contributed by atoms with Gasteiger partial charge in [0.2, 0.25) is 5.91 Å². The number of Topliss-reactive ketones (excluding diaryl/α,β-unsaturated/α-hetero) is 1. The minimum absolute atomic E-state index is 0.0819. The van der Waals surface area contributed by atoms with Crippen LogP contribution in [0, 0.1) is 0 Å². The van der Waals surface area contributed by atoms with E-state index in [1.807, 2.05) is 6.92 Å². The van der Waals surface area contributed by atoms with Crippen molar-refractivity contribution in [1.82, 2.24) is 0 Å². The second-order valence-electron chi connectivity index (χ2n) is 4.25. The summed E-state index contributed by atoms with van der Waals surface area (Å²) in [5.74, 6) is -1.47. The molecule has 0 heterocycles. The molecule has 0 aliphatic rings. The van der Waals surface area contributed by atoms with Crippen LogP contribution < -0.4 is 5.32 Å². The highest BCUT2D eigenvalue weighted by molar-refractivity contribution is 6.04. The lowest BCUT2D eigenvalue weighted by Gasteiger charge is -2.05. The van der Waals surface area contributed by atoms with Crippen LogP contribution in [0.3, 0.4) is 0 Å². The molecule has 1 aromatic rings. The third-order valence-corrected chi connectivity index (χ3v) is 2.58. The third kappa shape index (κ3) is 5.33. The summed E-state index contributed by atoms with van der Waals surface area (Å²) in [6.07, 6.45) is 1.99. The van der Waals surface area contributed by atoms with E-state index < -0.39 is 5.97 Å². The molecular formula is C14H17NO4. The summed E-state index contributed by atoms with van der Waals surface area (Å²) in [6, 6.07) is 5.80. The molecule has 0 saturated carbocycles. The van der Waals surface area contributed by atoms with Crippen molar-refractivity contribution in [2.24, 2.45) is 0 Å². The molecule has 5 heteroatoms. The zero-order valence-corrected chi connectivity index (χ0v) is 10.8. The molecule has 0 saturated heterocycles. The van der Waals surface area contributed by atoms with E-state index in [4.69, 9.17) is 5.11 Å². The van der Waals surface area contributed by atoms with Gasteiger partial charge >= 0.3 is 5.97 Å². The molecule has 0 bridgehead atoms. The van der Waals surface area contributed by atoms with Crippen LogP contribution >= 0.6 is 0 Å². The largest absolute Gasteiger partial charge is 0.478 e. The number of aromatic carboxylic acids is 1. The molecule has 19 heavy (non-hydrogen) atoms. The van der Waals surface area contributed by atoms with Crippen LogP contribution in [0.2, 0.25) is 0 Å². The van der Waals surface area contributed by atoms with Crippen LogP contribution in [0.4, 0.5) is 5.69 Å². The third-order valence-electron chi connectivity index (χ3n) is 2.58. The second-order valence-corrected chi connectivity index (χ2v) is 4.25. The van der Waals surface area contributed by atoms with E-state index in [9.17, 15) is 14.4 Å². The van der Waals surface area contributed by atoms with E-state index in [2.05, 4.69) is 5.32 Å². The summed E-state index contributed by atoms with van der Waals surface area (Å²) in [6.45, 7) is 1.98. The van der Waals surface area contributed by atoms with Gasteiger partial charge < -0.3 is 10.4 Å². The van der Waals surface area contributed by atoms with Crippen LogP contribution in [0.25, 0.3) is 0 Å². The number of carboxylic acid groups (broad SMARTS) is 1. The Balaban J connectivity index is 2.48. The van der Waals surface area contributed by atoms with Gasteiger partial charge in [-0.2, -0.15) is 0 Å². The van der Waals surface area contributed by atoms with E-state index in [1.54, 1.807) is 0 Å². The molecule has 0 unspecified atom stereocenters. The van der Waals surface area contributed by atoms with Gasteiger partial charge in [-0.1, -0.05) is 13.3 Å². The molecule has 0 aromatic heterocycles. The maximum absolute atomic E-state index is 11.6. The molecule has 0 fully saturated rings. The number of benzene rings is 1. The minimum atomic E-state index is -1.02. The summed E-state index contributed by atoms with van der Waals surface area (Å²) >= 11 is 0. The van der Waals surface area contributed by atoms with Crippen molar-refractivity contribution in [2.45, 2.75) is 32.6 Å². The number of carbonyl (C=O) groups is 3. The predicted molar refractivity (Wildman–Crippen MR) is 71.2 cm³/mol. The van der Waals surface area contributed by atoms with Crippen LogP contribution in [0.15, 0.2) is 24.3 Å². The van der Waals surface area contributed by atoms with Gasteiger partial charge in [0.25, 0.3) is 0 Å². The summed E-state index contributed by atoms with van der Waals surface area (Å²) in [4.78, 5) is 33.6. The first-order valence-electron chi connectivity index (χ1n) is 6.18. The topological polar surface area (TPSA) is 83.5 Å². The lowest BCUT2D eigenvalue weighted by Crippen LogP contribution is -2.16. The fourth-order valence-corrected chi connectivity index (χ4v) is 1.54. The molecule has 0 radical (unpaired) electrons. The summed E-state index contributed by atoms with van der Waals surface area (Å²) < 4.78 is 0. The van der Waals surface area contributed by atoms with Crippen molar-refractivity contribution in [3.63, 3.8) is 0 Å². The minimum Gasteiger partial charge on any atom is -0.478 e. The first-order chi connectivity index (χ1) is 9.02. The maximum atomic E-state index is 11.6. The van der Waals surface area contributed by atoms with Gasteiger partial charge in [0.05, 0.1) is 12.0 Å². The number of rotatable bonds is 7. The van der Waals surface area contributed by atoms with Crippen molar-refractivity contribution in [2.75, 3.05) is 5.32 Å². The molecule has 1 aromatic carbocycles. The number of anilines is 1. The number of nitrogens with one attached hydrogen (secondary N) is 1. The number of hydrogen-bond donors (Lipinski definition) is 2. The Kier molecular flexibility index (Phi) is 5.73. The van der Waals surface area contributed by atoms with Crippen LogP contribution in [-0.2, 0) is 9.59 Å². The second kappa shape index (κ2) is 7.31. The standard InChI is InChI=1S/C14H17NO4/c1-2-3-4-12(16)9-13(17)15-11-7-5-10(6-8-11)14(18)19/h5-8H,2-4,9H2,1H3,(H,15,17)(H,18,19). The van der Waals surface area contributed by atoms with Crippen molar-refractivity contribution in [3.8, 4) is 0 Å². The van der Waals surface area contributed by atoms with Gasteiger partial charge in [-0.15, -0.1) is 0 Å². The number of hydrogen-bond acceptors (Lipinski definition) is 3. The van der Waals surface area contributed by atoms with Gasteiger partial charge in [0, 0.05) is 12.1 Å². The Morgan fingerprint density at radius 2 is 1.79 bits per heavy atom. The Morgan fingerprint density at radius 1 is 1.16 bits per heavy atom. The molecule has 0 spiro atoms. The molecule has 1 rings (SSSR count). The van der Waals surface area contributed by atoms with Gasteiger partial charge in [-0.05, 0) is 30.7 Å². The van der Waals surface area contributed by atoms with Crippen LogP contribution in [0.1, 0.15) is 43.0 Å². The maximum Gasteiger partial charge on any atom is 0.335 e. The predicted octanol–water partition coefficient (Wildman–Crippen LogP) is 2.47. The lowest BCUT2D eigenvalue weighted by molar-refractivity contribution is -0.125. The highest BCUT2D eigenvalue weighted by Gasteiger charge is 2.09. The molecule has 1 amide bonds. The van der Waals surface area contributed by atoms with Crippen molar-refractivity contribution < 1.29 is 19.5 Å². The average molecular weight is 263 g/mol. The van der Waals surface area contributed by atoms with Gasteiger partial charge in [0.15, 0.2) is 0 Å². The summed E-state index contributed by atoms with van der Waals surface area (Å²) in [5.41, 5.74) is 0.635. The van der Waals surface area contributed by atoms with Crippen LogP contribution in [-0.4, -0.2) is 22.8 Å². The molecular weight excluding hydrogens is 246 g/mol. The van der Waals surface area contributed by atoms with Crippen molar-refractivity contribution in [3.05, 3.63) is 29.8 Å². The van der Waals surface area contributed by atoms with Gasteiger partial charge in [0.1, 0.15) is 5.78 Å². The van der Waals surface area contributed by atoms with Crippen LogP contribution in [0.5, 0.6) is 0 Å². The Morgan fingerprint density at radius 3 is 2.32 bits per heavy atom. The van der Waals surface area contributed by atoms with E-state index in [0.29, 0.717) is 12.1 Å². The fourth-order valence-electron chi connectivity index (χ4n) is 1.54. The summed E-state index contributed by atoms with van der Waals surface area (Å²) in [7, 11) is 0. The summed E-state index contributed by atoms with van der Waals surface area (Å²) in [5, 5.41) is 11.3. The smallest absolute Gasteiger partial charge is 0.335 e. The van der Waals surface area contributed by atoms with Crippen molar-refractivity contribution in [1.29, 1.82) is 0 Å². The zero-order valence-electron chi connectivity index (χ0n) is 10.8. The zero-order chi connectivity index (χ0) is 14.3. The van der Waals surface area contributed by atoms with E-state index in [0.717, 1.165) is 12.8 Å². The number of unbranched alkanes of at least 4 members (excludes halogenated alkanes) is 1. The molecule has 5 nitrogen and oxygen atoms in total. The highest BCUT2D eigenvalue weighted by atomic mass is 16.4. The average Bonchev–Trinajstić information content (AvgIpc) is 2.36. The molecule has 102 valence electrons. The molecule has 0 aliphatic carbocycles. The SMILES string of the molecule is CCCCC(=O)CC(=O)Nc1ccc(C(=O)O)cc1. The molecule has 0 atom stereocenters. The number of carboxylic acids is 1. The number of carbonyl (C=O) groups excluding carboxylic acids is 2. The van der Waals surface area contributed by atoms with E-state index in [1.165, 1.54) is 24.3 Å². The number of amides is 1. The van der Waals surface area contributed by atoms with Gasteiger partial charge in [-0.25, -0.2) is 4.79 Å². The highest BCUT2D eigenvalue weighted by Crippen LogP contribution is 2.10. The monoisotopic (exact) mass is 263 g/mol. The quantitative estimate of drug-likeness (QED) is 0.740. The number of ketones is 1. The van der Waals surface area contributed by atoms with E-state index >= 15 is 0 Å². The van der Waals surface area contributed by atoms with Crippen molar-refractivity contribution >= 4 is 23.3 Å². The van der Waals surface area contributed by atoms with Gasteiger partial charge in [-0.3, -0.25) is 9.59 Å². The Hall–Kier alpha value is -2.17. The molecule has 2 N–H and O–H groups in total. The fraction of sp³-hybridized carbons (Fsp3) is 0.357. The normalized spacial score (nSPS) is 9.95. The Labute approximate surface area is 111 Å². The molecule has 0 aliphatic heterocycles. The first-order valence-corrected chi connectivity index (χ1v) is 6.18. The Bertz CT molecular complexity index is 465.